The van der Waals surface area contributed by atoms with Gasteiger partial charge in [-0.05, 0) is 36.7 Å². The molecule has 0 aliphatic carbocycles. The molecule has 9 heteroatoms. The fraction of sp³-hybridized carbons (Fsp3) is 0.176. The van der Waals surface area contributed by atoms with Crippen LogP contribution in [0.5, 0.6) is 0 Å². The number of allylic oxidation sites excluding steroid dienone is 1. The van der Waals surface area contributed by atoms with Crippen LogP contribution in [0, 0.1) is 0 Å². The predicted molar refractivity (Wildman–Crippen MR) is 101 cm³/mol. The first-order valence-electron chi connectivity index (χ1n) is 8.04. The smallest absolute Gasteiger partial charge is 0.320 e. The first-order valence-corrected chi connectivity index (χ1v) is 8.42. The van der Waals surface area contributed by atoms with E-state index in [0.29, 0.717) is 24.6 Å². The molecular formula is C17H18ClN7O. The van der Waals surface area contributed by atoms with Crippen LogP contribution in [0.15, 0.2) is 60.6 Å². The summed E-state index contributed by atoms with van der Waals surface area (Å²) in [7, 11) is 0. The van der Waals surface area contributed by atoms with Crippen molar-refractivity contribution in [2.45, 2.75) is 6.92 Å². The summed E-state index contributed by atoms with van der Waals surface area (Å²) in [5.74, 6) is 0.593. The van der Waals surface area contributed by atoms with Crippen molar-refractivity contribution in [3.63, 3.8) is 0 Å². The van der Waals surface area contributed by atoms with Gasteiger partial charge in [0.05, 0.1) is 30.0 Å². The highest BCUT2D eigenvalue weighted by atomic mass is 35.5. The first-order chi connectivity index (χ1) is 12.7. The number of nitrogens with one attached hydrogen (secondary N) is 3. The highest BCUT2D eigenvalue weighted by Crippen LogP contribution is 2.22. The molecule has 3 N–H and O–H groups in total. The summed E-state index contributed by atoms with van der Waals surface area (Å²) >= 11 is 5.76. The van der Waals surface area contributed by atoms with Gasteiger partial charge in [0, 0.05) is 31.1 Å². The largest absolute Gasteiger partial charge is 0.354 e. The van der Waals surface area contributed by atoms with Gasteiger partial charge in [0.15, 0.2) is 0 Å². The highest BCUT2D eigenvalue weighted by molar-refractivity contribution is 6.28. The van der Waals surface area contributed by atoms with Crippen molar-refractivity contribution in [2.24, 2.45) is 0 Å². The molecule has 0 saturated carbocycles. The van der Waals surface area contributed by atoms with Crippen LogP contribution in [-0.4, -0.2) is 34.1 Å². The van der Waals surface area contributed by atoms with Gasteiger partial charge in [0.2, 0.25) is 5.28 Å². The van der Waals surface area contributed by atoms with Gasteiger partial charge in [0.25, 0.3) is 0 Å². The van der Waals surface area contributed by atoms with Crippen LogP contribution in [-0.2, 0) is 0 Å². The molecule has 0 spiro atoms. The summed E-state index contributed by atoms with van der Waals surface area (Å²) in [6.07, 6.45) is 10.5. The number of carbonyl (C=O) groups excluding carboxylic acids is 1. The summed E-state index contributed by atoms with van der Waals surface area (Å²) in [5.41, 5.74) is 2.42. The van der Waals surface area contributed by atoms with Crippen LogP contribution in [0.2, 0.25) is 5.28 Å². The van der Waals surface area contributed by atoms with Crippen LogP contribution < -0.4 is 20.9 Å². The van der Waals surface area contributed by atoms with Crippen LogP contribution in [0.25, 0.3) is 0 Å². The van der Waals surface area contributed by atoms with E-state index in [-0.39, 0.29) is 11.3 Å². The number of rotatable bonds is 5. The molecule has 2 aromatic heterocycles. The van der Waals surface area contributed by atoms with E-state index < -0.39 is 0 Å². The van der Waals surface area contributed by atoms with E-state index in [9.17, 15) is 4.79 Å². The van der Waals surface area contributed by atoms with Crippen molar-refractivity contribution >= 4 is 29.0 Å². The lowest BCUT2D eigenvalue weighted by molar-refractivity contribution is 0.243. The third-order valence-electron chi connectivity index (χ3n) is 3.52. The van der Waals surface area contributed by atoms with E-state index >= 15 is 0 Å². The van der Waals surface area contributed by atoms with E-state index in [1.54, 1.807) is 24.8 Å². The highest BCUT2D eigenvalue weighted by Gasteiger charge is 2.19. The molecule has 1 aliphatic rings. The van der Waals surface area contributed by atoms with Crippen LogP contribution >= 0.6 is 11.6 Å². The summed E-state index contributed by atoms with van der Waals surface area (Å²) in [6.45, 7) is 2.90. The van der Waals surface area contributed by atoms with Gasteiger partial charge < -0.3 is 15.5 Å². The molecule has 3 heterocycles. The summed E-state index contributed by atoms with van der Waals surface area (Å²) < 4.78 is 0. The third-order valence-corrected chi connectivity index (χ3v) is 3.72. The molecule has 1 aliphatic heterocycles. The topological polar surface area (TPSA) is 95.1 Å². The van der Waals surface area contributed by atoms with Crippen molar-refractivity contribution in [1.82, 2.24) is 25.6 Å². The van der Waals surface area contributed by atoms with Crippen molar-refractivity contribution in [2.75, 3.05) is 23.3 Å². The minimum absolute atomic E-state index is 0.169. The Morgan fingerprint density at radius 1 is 1.31 bits per heavy atom. The standard InChI is InChI=1S/C17H18ClN7O/c1-2-20-17(26)24-15-8-12(23-13-4-3-6-19-9-13)5-7-25(15)14-10-21-16(18)22-11-14/h3-6,8-11,23H,2,7H2,1H3,(H2,20,24,26). The lowest BCUT2D eigenvalue weighted by Gasteiger charge is -2.29. The van der Waals surface area contributed by atoms with E-state index in [4.69, 9.17) is 11.6 Å². The van der Waals surface area contributed by atoms with Gasteiger partial charge in [0.1, 0.15) is 5.82 Å². The first kappa shape index (κ1) is 17.7. The number of halogens is 1. The molecule has 134 valence electrons. The number of amides is 2. The molecule has 0 radical (unpaired) electrons. The Morgan fingerprint density at radius 3 is 2.81 bits per heavy atom. The number of hydrogen-bond acceptors (Lipinski definition) is 6. The molecule has 2 amide bonds. The zero-order valence-corrected chi connectivity index (χ0v) is 14.9. The van der Waals surface area contributed by atoms with Gasteiger partial charge in [-0.25, -0.2) is 14.8 Å². The zero-order valence-electron chi connectivity index (χ0n) is 14.1. The van der Waals surface area contributed by atoms with E-state index in [1.807, 2.05) is 36.1 Å². The van der Waals surface area contributed by atoms with Crippen molar-refractivity contribution < 1.29 is 4.79 Å². The molecule has 0 atom stereocenters. The van der Waals surface area contributed by atoms with Gasteiger partial charge >= 0.3 is 6.03 Å². The second kappa shape index (κ2) is 8.30. The predicted octanol–water partition coefficient (Wildman–Crippen LogP) is 2.50. The number of anilines is 2. The summed E-state index contributed by atoms with van der Waals surface area (Å²) in [4.78, 5) is 26.0. The second-order valence-corrected chi connectivity index (χ2v) is 5.70. The maximum Gasteiger partial charge on any atom is 0.320 e. The van der Waals surface area contributed by atoms with Crippen molar-refractivity contribution in [1.29, 1.82) is 0 Å². The van der Waals surface area contributed by atoms with Crippen LogP contribution in [0.1, 0.15) is 6.92 Å². The van der Waals surface area contributed by atoms with E-state index in [1.165, 1.54) is 0 Å². The normalized spacial score (nSPS) is 13.5. The number of hydrogen-bond donors (Lipinski definition) is 3. The lowest BCUT2D eigenvalue weighted by Crippen LogP contribution is -2.42. The fourth-order valence-corrected chi connectivity index (χ4v) is 2.47. The summed E-state index contributed by atoms with van der Waals surface area (Å²) in [6, 6.07) is 3.47. The number of pyridine rings is 1. The van der Waals surface area contributed by atoms with E-state index in [0.717, 1.165) is 11.4 Å². The van der Waals surface area contributed by atoms with E-state index in [2.05, 4.69) is 30.9 Å². The summed E-state index contributed by atoms with van der Waals surface area (Å²) in [5, 5.41) is 9.01. The monoisotopic (exact) mass is 371 g/mol. The van der Waals surface area contributed by atoms with Crippen molar-refractivity contribution in [3.05, 3.63) is 65.9 Å². The van der Waals surface area contributed by atoms with Gasteiger partial charge in [-0.15, -0.1) is 0 Å². The molecule has 0 saturated heterocycles. The minimum atomic E-state index is -0.291. The fourth-order valence-electron chi connectivity index (χ4n) is 2.38. The molecule has 2 aromatic rings. The molecule has 0 aromatic carbocycles. The Hall–Kier alpha value is -3.13. The SMILES string of the molecule is CCNC(=O)NC1=CC(Nc2cccnc2)=CCN1c1cnc(Cl)nc1. The Labute approximate surface area is 156 Å². The minimum Gasteiger partial charge on any atom is -0.354 e. The zero-order chi connectivity index (χ0) is 18.4. The quantitative estimate of drug-likeness (QED) is 0.699. The maximum absolute atomic E-state index is 12.0. The van der Waals surface area contributed by atoms with Gasteiger partial charge in [-0.1, -0.05) is 0 Å². The molecule has 8 nitrogen and oxygen atoms in total. The molecule has 26 heavy (non-hydrogen) atoms. The number of aromatic nitrogens is 3. The Morgan fingerprint density at radius 2 is 2.12 bits per heavy atom. The average Bonchev–Trinajstić information content (AvgIpc) is 2.64. The maximum atomic E-state index is 12.0. The van der Waals surface area contributed by atoms with Gasteiger partial charge in [-0.2, -0.15) is 0 Å². The number of carbonyl (C=O) groups is 1. The van der Waals surface area contributed by atoms with Crippen LogP contribution in [0.3, 0.4) is 0 Å². The number of urea groups is 1. The molecular weight excluding hydrogens is 354 g/mol. The molecule has 0 unspecified atom stereocenters. The third kappa shape index (κ3) is 4.48. The Balaban J connectivity index is 1.83. The van der Waals surface area contributed by atoms with Crippen LogP contribution in [0.4, 0.5) is 16.2 Å². The molecule has 0 fully saturated rings. The Kier molecular flexibility index (Phi) is 5.65. The Bertz CT molecular complexity index is 821. The van der Waals surface area contributed by atoms with Crippen molar-refractivity contribution in [3.8, 4) is 0 Å². The second-order valence-electron chi connectivity index (χ2n) is 5.36. The van der Waals surface area contributed by atoms with Gasteiger partial charge in [-0.3, -0.25) is 10.3 Å². The average molecular weight is 372 g/mol. The number of nitrogens with zero attached hydrogens (tertiary/aromatic N) is 4. The molecule has 3 rings (SSSR count). The lowest BCUT2D eigenvalue weighted by atomic mass is 10.2. The molecule has 0 bridgehead atoms.